The van der Waals surface area contributed by atoms with Crippen molar-refractivity contribution in [1.82, 2.24) is 14.3 Å². The molecule has 2 rings (SSSR count). The molecule has 2 aromatic heterocycles. The molecule has 2 heterocycles. The zero-order valence-corrected chi connectivity index (χ0v) is 12.3. The average Bonchev–Trinajstić information content (AvgIpc) is 2.55. The summed E-state index contributed by atoms with van der Waals surface area (Å²) >= 11 is 3.49. The zero-order valence-electron chi connectivity index (χ0n) is 10.7. The normalized spacial score (nSPS) is 11.9. The molecule has 0 aliphatic carbocycles. The van der Waals surface area contributed by atoms with Gasteiger partial charge in [-0.1, -0.05) is 29.8 Å². The minimum atomic E-state index is 0.448. The van der Waals surface area contributed by atoms with Crippen molar-refractivity contribution in [2.45, 2.75) is 26.3 Å². The van der Waals surface area contributed by atoms with Gasteiger partial charge >= 0.3 is 0 Å². The summed E-state index contributed by atoms with van der Waals surface area (Å²) in [6.07, 6.45) is 2.08. The molecule has 3 nitrogen and oxygen atoms in total. The Balaban J connectivity index is 2.62. The van der Waals surface area contributed by atoms with E-state index in [1.807, 2.05) is 0 Å². The second-order valence-electron chi connectivity index (χ2n) is 4.91. The molecule has 0 bridgehead atoms. The van der Waals surface area contributed by atoms with Crippen LogP contribution in [0.2, 0.25) is 0 Å². The van der Waals surface area contributed by atoms with Gasteiger partial charge in [-0.3, -0.25) is 0 Å². The highest BCUT2D eigenvalue weighted by atomic mass is 79.9. The average molecular weight is 296 g/mol. The highest BCUT2D eigenvalue weighted by Crippen LogP contribution is 2.23. The van der Waals surface area contributed by atoms with E-state index >= 15 is 0 Å². The van der Waals surface area contributed by atoms with E-state index in [4.69, 9.17) is 4.98 Å². The first kappa shape index (κ1) is 12.6. The topological polar surface area (TPSA) is 20.5 Å². The zero-order chi connectivity index (χ0) is 12.6. The van der Waals surface area contributed by atoms with Gasteiger partial charge in [-0.15, -0.1) is 0 Å². The Morgan fingerprint density at radius 1 is 1.41 bits per heavy atom. The van der Waals surface area contributed by atoms with E-state index in [0.29, 0.717) is 5.92 Å². The van der Waals surface area contributed by atoms with Crippen molar-refractivity contribution < 1.29 is 0 Å². The summed E-state index contributed by atoms with van der Waals surface area (Å²) in [6, 6.07) is 4.11. The van der Waals surface area contributed by atoms with Gasteiger partial charge in [0.15, 0.2) is 0 Å². The van der Waals surface area contributed by atoms with E-state index in [-0.39, 0.29) is 0 Å². The van der Waals surface area contributed by atoms with Gasteiger partial charge in [0.2, 0.25) is 0 Å². The maximum absolute atomic E-state index is 4.73. The number of halogens is 1. The van der Waals surface area contributed by atoms with Crippen LogP contribution in [0.15, 0.2) is 22.8 Å². The van der Waals surface area contributed by atoms with E-state index in [1.165, 1.54) is 11.4 Å². The lowest BCUT2D eigenvalue weighted by Gasteiger charge is -2.12. The fraction of sp³-hybridized carbons (Fsp3) is 0.462. The number of aromatic nitrogens is 2. The van der Waals surface area contributed by atoms with E-state index in [0.717, 1.165) is 16.7 Å². The number of pyridine rings is 1. The number of nitrogens with zero attached hydrogens (tertiary/aromatic N) is 3. The SMILES string of the molecule is CC(C)c1nc2cc(Br)ccn2c1CN(C)C. The first-order chi connectivity index (χ1) is 7.99. The lowest BCUT2D eigenvalue weighted by Crippen LogP contribution is -2.14. The van der Waals surface area contributed by atoms with E-state index < -0.39 is 0 Å². The quantitative estimate of drug-likeness (QED) is 0.866. The lowest BCUT2D eigenvalue weighted by atomic mass is 10.1. The molecule has 0 aliphatic heterocycles. The monoisotopic (exact) mass is 295 g/mol. The second-order valence-corrected chi connectivity index (χ2v) is 5.83. The number of hydrogen-bond donors (Lipinski definition) is 0. The predicted octanol–water partition coefficient (Wildman–Crippen LogP) is 3.28. The number of fused-ring (bicyclic) bond motifs is 1. The molecule has 0 spiro atoms. The Morgan fingerprint density at radius 2 is 2.12 bits per heavy atom. The van der Waals surface area contributed by atoms with Crippen LogP contribution in [-0.4, -0.2) is 28.4 Å². The van der Waals surface area contributed by atoms with Crippen molar-refractivity contribution in [3.63, 3.8) is 0 Å². The Bertz CT molecular complexity index is 529. The molecule has 2 aromatic rings. The lowest BCUT2D eigenvalue weighted by molar-refractivity contribution is 0.393. The first-order valence-corrected chi connectivity index (χ1v) is 6.59. The molecule has 0 aromatic carbocycles. The summed E-state index contributed by atoms with van der Waals surface area (Å²) in [6.45, 7) is 5.29. The Morgan fingerprint density at radius 3 is 2.71 bits per heavy atom. The van der Waals surface area contributed by atoms with Crippen molar-refractivity contribution in [2.24, 2.45) is 0 Å². The van der Waals surface area contributed by atoms with Gasteiger partial charge in [0, 0.05) is 17.2 Å². The van der Waals surface area contributed by atoms with Gasteiger partial charge in [-0.25, -0.2) is 4.98 Å². The van der Waals surface area contributed by atoms with Crippen LogP contribution in [0, 0.1) is 0 Å². The third-order valence-corrected chi connectivity index (χ3v) is 3.22. The Kier molecular flexibility index (Phi) is 3.54. The molecule has 0 amide bonds. The molecule has 4 heteroatoms. The fourth-order valence-corrected chi connectivity index (χ4v) is 2.33. The molecule has 0 unspecified atom stereocenters. The fourth-order valence-electron chi connectivity index (χ4n) is 2.01. The highest BCUT2D eigenvalue weighted by molar-refractivity contribution is 9.10. The molecule has 0 fully saturated rings. The molecule has 92 valence electrons. The maximum atomic E-state index is 4.73. The summed E-state index contributed by atoms with van der Waals surface area (Å²) < 4.78 is 3.25. The second kappa shape index (κ2) is 4.78. The number of rotatable bonds is 3. The third kappa shape index (κ3) is 2.53. The molecule has 0 N–H and O–H groups in total. The van der Waals surface area contributed by atoms with Crippen LogP contribution in [0.3, 0.4) is 0 Å². The van der Waals surface area contributed by atoms with Crippen LogP contribution < -0.4 is 0 Å². The molecule has 0 atom stereocenters. The molecule has 0 saturated heterocycles. The minimum absolute atomic E-state index is 0.448. The number of imidazole rings is 1. The van der Waals surface area contributed by atoms with Crippen LogP contribution in [0.25, 0.3) is 5.65 Å². The standard InChI is InChI=1S/C13H18BrN3/c1-9(2)13-11(8-16(3)4)17-6-5-10(14)7-12(17)15-13/h5-7,9H,8H2,1-4H3. The molecule has 17 heavy (non-hydrogen) atoms. The largest absolute Gasteiger partial charge is 0.304 e. The van der Waals surface area contributed by atoms with Crippen LogP contribution in [0.1, 0.15) is 31.2 Å². The summed E-state index contributed by atoms with van der Waals surface area (Å²) in [7, 11) is 4.17. The highest BCUT2D eigenvalue weighted by Gasteiger charge is 2.15. The van der Waals surface area contributed by atoms with E-state index in [9.17, 15) is 0 Å². The molecule has 0 saturated carbocycles. The summed E-state index contributed by atoms with van der Waals surface area (Å²) in [4.78, 5) is 6.91. The van der Waals surface area contributed by atoms with Crippen LogP contribution >= 0.6 is 15.9 Å². The summed E-state index contributed by atoms with van der Waals surface area (Å²) in [5.41, 5.74) is 3.49. The Labute approximate surface area is 111 Å². The van der Waals surface area contributed by atoms with Crippen molar-refractivity contribution in [2.75, 3.05) is 14.1 Å². The smallest absolute Gasteiger partial charge is 0.138 e. The predicted molar refractivity (Wildman–Crippen MR) is 74.4 cm³/mol. The van der Waals surface area contributed by atoms with Gasteiger partial charge in [0.25, 0.3) is 0 Å². The minimum Gasteiger partial charge on any atom is -0.304 e. The molecule has 0 radical (unpaired) electrons. The van der Waals surface area contributed by atoms with Gasteiger partial charge < -0.3 is 9.30 Å². The molecular formula is C13H18BrN3. The molecule has 0 aliphatic rings. The van der Waals surface area contributed by atoms with Crippen molar-refractivity contribution in [3.05, 3.63) is 34.2 Å². The summed E-state index contributed by atoms with van der Waals surface area (Å²) in [5.74, 6) is 0.448. The maximum Gasteiger partial charge on any atom is 0.138 e. The molecular weight excluding hydrogens is 278 g/mol. The van der Waals surface area contributed by atoms with Gasteiger partial charge in [-0.05, 0) is 32.1 Å². The van der Waals surface area contributed by atoms with Crippen LogP contribution in [0.4, 0.5) is 0 Å². The summed E-state index contributed by atoms with van der Waals surface area (Å²) in [5, 5.41) is 0. The van der Waals surface area contributed by atoms with Gasteiger partial charge in [0.05, 0.1) is 11.4 Å². The van der Waals surface area contributed by atoms with Crippen molar-refractivity contribution in [1.29, 1.82) is 0 Å². The Hall–Kier alpha value is -0.870. The van der Waals surface area contributed by atoms with Crippen molar-refractivity contribution in [3.8, 4) is 0 Å². The van der Waals surface area contributed by atoms with Crippen LogP contribution in [-0.2, 0) is 6.54 Å². The van der Waals surface area contributed by atoms with Gasteiger partial charge in [0.1, 0.15) is 5.65 Å². The van der Waals surface area contributed by atoms with E-state index in [1.54, 1.807) is 0 Å². The number of hydrogen-bond acceptors (Lipinski definition) is 2. The van der Waals surface area contributed by atoms with Crippen molar-refractivity contribution >= 4 is 21.6 Å². The third-order valence-electron chi connectivity index (χ3n) is 2.73. The van der Waals surface area contributed by atoms with Crippen LogP contribution in [0.5, 0.6) is 0 Å². The first-order valence-electron chi connectivity index (χ1n) is 5.80. The van der Waals surface area contributed by atoms with E-state index in [2.05, 4.69) is 71.5 Å². The van der Waals surface area contributed by atoms with Gasteiger partial charge in [-0.2, -0.15) is 0 Å².